The molecule has 6 nitrogen and oxygen atoms in total. The van der Waals surface area contributed by atoms with Gasteiger partial charge in [0.1, 0.15) is 5.75 Å². The van der Waals surface area contributed by atoms with Gasteiger partial charge in [0.25, 0.3) is 0 Å². The van der Waals surface area contributed by atoms with Gasteiger partial charge in [-0.3, -0.25) is 4.79 Å². The number of hydrogen-bond acceptors (Lipinski definition) is 6. The van der Waals surface area contributed by atoms with E-state index in [4.69, 9.17) is 9.72 Å². The zero-order valence-corrected chi connectivity index (χ0v) is 21.4. The predicted molar refractivity (Wildman–Crippen MR) is 138 cm³/mol. The first-order valence-corrected chi connectivity index (χ1v) is 14.3. The van der Waals surface area contributed by atoms with Crippen molar-refractivity contribution in [3.63, 3.8) is 0 Å². The number of thioether (sulfide) groups is 1. The van der Waals surface area contributed by atoms with Crippen LogP contribution in [0.5, 0.6) is 5.75 Å². The Kier molecular flexibility index (Phi) is 7.48. The van der Waals surface area contributed by atoms with Crippen molar-refractivity contribution >= 4 is 38.4 Å². The van der Waals surface area contributed by atoms with E-state index in [1.165, 1.54) is 11.8 Å². The van der Waals surface area contributed by atoms with Crippen molar-refractivity contribution in [1.29, 1.82) is 0 Å². The van der Waals surface area contributed by atoms with Gasteiger partial charge in [0.2, 0.25) is 5.91 Å². The summed E-state index contributed by atoms with van der Waals surface area (Å²) in [7, 11) is -1.45. The largest absolute Gasteiger partial charge is 0.497 e. The standard InChI is InChI=1S/C26H30N2O4S2/c1-4-18(2)28(20-12-13-34(30,31)17-20)26(29)16-33-25-15-23(19-8-6-5-7-9-19)22-11-10-21(32-3)14-24(22)27-25/h5-11,14-15,18,20H,4,12-13,16-17H2,1-3H3/t18-,20-/m1/s1. The SMILES string of the molecule is CC[C@@H](C)N(C(=O)CSc1cc(-c2ccccc2)c2ccc(OC)cc2n1)[C@@H]1CCS(=O)(=O)C1. The highest BCUT2D eigenvalue weighted by molar-refractivity contribution is 7.99. The summed E-state index contributed by atoms with van der Waals surface area (Å²) < 4.78 is 29.5. The van der Waals surface area contributed by atoms with E-state index < -0.39 is 9.84 Å². The van der Waals surface area contributed by atoms with Gasteiger partial charge in [0.15, 0.2) is 9.84 Å². The summed E-state index contributed by atoms with van der Waals surface area (Å²) in [5, 5.41) is 1.76. The molecule has 0 spiro atoms. The number of ether oxygens (including phenoxy) is 1. The number of methoxy groups -OCH3 is 1. The van der Waals surface area contributed by atoms with Gasteiger partial charge in [0, 0.05) is 23.5 Å². The van der Waals surface area contributed by atoms with Gasteiger partial charge >= 0.3 is 0 Å². The average Bonchev–Trinajstić information content (AvgIpc) is 3.21. The van der Waals surface area contributed by atoms with Gasteiger partial charge < -0.3 is 9.64 Å². The number of amides is 1. The van der Waals surface area contributed by atoms with Gasteiger partial charge in [-0.25, -0.2) is 13.4 Å². The van der Waals surface area contributed by atoms with Crippen LogP contribution >= 0.6 is 11.8 Å². The molecule has 0 aliphatic carbocycles. The van der Waals surface area contributed by atoms with Gasteiger partial charge in [-0.15, -0.1) is 0 Å². The maximum Gasteiger partial charge on any atom is 0.233 e. The molecule has 1 fully saturated rings. The van der Waals surface area contributed by atoms with Gasteiger partial charge in [0.05, 0.1) is 34.9 Å². The van der Waals surface area contributed by atoms with Crippen LogP contribution in [0.15, 0.2) is 59.6 Å². The number of aromatic nitrogens is 1. The third-order valence-electron chi connectivity index (χ3n) is 6.38. The Labute approximate surface area is 205 Å². The van der Waals surface area contributed by atoms with E-state index in [1.54, 1.807) is 12.0 Å². The molecule has 2 heterocycles. The first-order valence-electron chi connectivity index (χ1n) is 11.5. The third kappa shape index (κ3) is 5.39. The molecule has 34 heavy (non-hydrogen) atoms. The second-order valence-corrected chi connectivity index (χ2v) is 11.9. The predicted octanol–water partition coefficient (Wildman–Crippen LogP) is 4.82. The zero-order valence-electron chi connectivity index (χ0n) is 19.7. The van der Waals surface area contributed by atoms with Crippen molar-refractivity contribution in [1.82, 2.24) is 9.88 Å². The average molecular weight is 499 g/mol. The highest BCUT2D eigenvalue weighted by Gasteiger charge is 2.36. The number of sulfone groups is 1. The van der Waals surface area contributed by atoms with Crippen LogP contribution in [0.25, 0.3) is 22.0 Å². The summed E-state index contributed by atoms with van der Waals surface area (Å²) in [5.41, 5.74) is 2.92. The Balaban J connectivity index is 1.62. The fraction of sp³-hybridized carbons (Fsp3) is 0.385. The summed E-state index contributed by atoms with van der Waals surface area (Å²) >= 11 is 1.39. The quantitative estimate of drug-likeness (QED) is 0.415. The monoisotopic (exact) mass is 498 g/mol. The summed E-state index contributed by atoms with van der Waals surface area (Å²) in [5.74, 6) is 1.09. The van der Waals surface area contributed by atoms with Crippen LogP contribution in [0.2, 0.25) is 0 Å². The van der Waals surface area contributed by atoms with Crippen LogP contribution < -0.4 is 4.74 Å². The Bertz CT molecular complexity index is 1280. The van der Waals surface area contributed by atoms with Crippen LogP contribution in [0.1, 0.15) is 26.7 Å². The minimum Gasteiger partial charge on any atom is -0.497 e. The molecular formula is C26H30N2O4S2. The van der Waals surface area contributed by atoms with E-state index in [1.807, 2.05) is 56.3 Å². The van der Waals surface area contributed by atoms with E-state index in [2.05, 4.69) is 12.1 Å². The van der Waals surface area contributed by atoms with Gasteiger partial charge in [-0.05, 0) is 49.1 Å². The number of fused-ring (bicyclic) bond motifs is 1. The molecule has 0 unspecified atom stereocenters. The molecule has 1 saturated heterocycles. The van der Waals surface area contributed by atoms with E-state index >= 15 is 0 Å². The molecule has 2 atom stereocenters. The Morgan fingerprint density at radius 2 is 1.97 bits per heavy atom. The molecule has 1 aliphatic rings. The number of hydrogen-bond donors (Lipinski definition) is 0. The fourth-order valence-electron chi connectivity index (χ4n) is 4.45. The Hall–Kier alpha value is -2.58. The highest BCUT2D eigenvalue weighted by atomic mass is 32.2. The number of benzene rings is 2. The summed E-state index contributed by atoms with van der Waals surface area (Å²) in [6.07, 6.45) is 1.29. The molecule has 0 bridgehead atoms. The number of nitrogens with zero attached hydrogens (tertiary/aromatic N) is 2. The smallest absolute Gasteiger partial charge is 0.233 e. The lowest BCUT2D eigenvalue weighted by atomic mass is 10.0. The normalized spacial score (nSPS) is 18.0. The van der Waals surface area contributed by atoms with E-state index in [9.17, 15) is 13.2 Å². The van der Waals surface area contributed by atoms with Crippen molar-refractivity contribution in [3.8, 4) is 16.9 Å². The molecule has 0 radical (unpaired) electrons. The van der Waals surface area contributed by atoms with Crippen molar-refractivity contribution < 1.29 is 17.9 Å². The third-order valence-corrected chi connectivity index (χ3v) is 9.02. The molecule has 180 valence electrons. The first-order chi connectivity index (χ1) is 16.3. The molecule has 0 saturated carbocycles. The van der Waals surface area contributed by atoms with E-state index in [0.717, 1.165) is 39.2 Å². The fourth-order valence-corrected chi connectivity index (χ4v) is 6.95. The minimum absolute atomic E-state index is 0.0138. The van der Waals surface area contributed by atoms with E-state index in [0.29, 0.717) is 6.42 Å². The van der Waals surface area contributed by atoms with Crippen LogP contribution in [-0.2, 0) is 14.6 Å². The van der Waals surface area contributed by atoms with Crippen molar-refractivity contribution in [2.45, 2.75) is 43.8 Å². The lowest BCUT2D eigenvalue weighted by molar-refractivity contribution is -0.132. The molecule has 8 heteroatoms. The summed E-state index contributed by atoms with van der Waals surface area (Å²) in [6, 6.07) is 17.7. The summed E-state index contributed by atoms with van der Waals surface area (Å²) in [4.78, 5) is 19.9. The number of carbonyl (C=O) groups excluding carboxylic acids is 1. The number of rotatable bonds is 8. The first kappa shape index (κ1) is 24.5. The molecule has 1 aliphatic heterocycles. The van der Waals surface area contributed by atoms with Crippen molar-refractivity contribution in [2.75, 3.05) is 24.4 Å². The minimum atomic E-state index is -3.07. The zero-order chi connectivity index (χ0) is 24.3. The summed E-state index contributed by atoms with van der Waals surface area (Å²) in [6.45, 7) is 4.01. The van der Waals surface area contributed by atoms with Gasteiger partial charge in [-0.2, -0.15) is 0 Å². The number of carbonyl (C=O) groups is 1. The molecular weight excluding hydrogens is 468 g/mol. The molecule has 1 amide bonds. The van der Waals surface area contributed by atoms with Crippen LogP contribution in [0, 0.1) is 0 Å². The second kappa shape index (κ2) is 10.4. The molecule has 1 aromatic heterocycles. The van der Waals surface area contributed by atoms with Crippen molar-refractivity contribution in [3.05, 3.63) is 54.6 Å². The van der Waals surface area contributed by atoms with Gasteiger partial charge in [-0.1, -0.05) is 49.0 Å². The molecule has 4 rings (SSSR count). The molecule has 3 aromatic rings. The lowest BCUT2D eigenvalue weighted by Gasteiger charge is -2.33. The maximum atomic E-state index is 13.3. The second-order valence-electron chi connectivity index (χ2n) is 8.66. The topological polar surface area (TPSA) is 76.6 Å². The Morgan fingerprint density at radius 3 is 2.62 bits per heavy atom. The van der Waals surface area contributed by atoms with E-state index in [-0.39, 0.29) is 35.2 Å². The lowest BCUT2D eigenvalue weighted by Crippen LogP contribution is -2.47. The van der Waals surface area contributed by atoms with Crippen LogP contribution in [0.4, 0.5) is 0 Å². The molecule has 2 aromatic carbocycles. The van der Waals surface area contributed by atoms with Crippen molar-refractivity contribution in [2.24, 2.45) is 0 Å². The highest BCUT2D eigenvalue weighted by Crippen LogP contribution is 2.34. The van der Waals surface area contributed by atoms with Crippen LogP contribution in [-0.4, -0.2) is 60.7 Å². The number of pyridine rings is 1. The molecule has 0 N–H and O–H groups in total. The maximum absolute atomic E-state index is 13.3. The Morgan fingerprint density at radius 1 is 1.21 bits per heavy atom. The van der Waals surface area contributed by atoms with Crippen LogP contribution in [0.3, 0.4) is 0 Å².